The summed E-state index contributed by atoms with van der Waals surface area (Å²) < 4.78 is 0. The van der Waals surface area contributed by atoms with Crippen LogP contribution in [0.5, 0.6) is 0 Å². The van der Waals surface area contributed by atoms with Gasteiger partial charge in [-0.05, 0) is 28.8 Å². The van der Waals surface area contributed by atoms with Crippen LogP contribution in [0.15, 0.2) is 48.5 Å². The van der Waals surface area contributed by atoms with Crippen LogP contribution in [-0.2, 0) is 6.54 Å². The second kappa shape index (κ2) is 4.80. The van der Waals surface area contributed by atoms with Crippen LogP contribution in [0.25, 0.3) is 11.1 Å². The van der Waals surface area contributed by atoms with E-state index in [0.717, 1.165) is 16.7 Å². The van der Waals surface area contributed by atoms with Gasteiger partial charge in [0, 0.05) is 6.54 Å². The molecule has 0 fully saturated rings. The molecule has 2 aromatic carbocycles. The van der Waals surface area contributed by atoms with Gasteiger partial charge in [0.05, 0.1) is 5.56 Å². The van der Waals surface area contributed by atoms with Crippen LogP contribution in [0.1, 0.15) is 15.9 Å². The van der Waals surface area contributed by atoms with Gasteiger partial charge in [0.2, 0.25) is 0 Å². The zero-order chi connectivity index (χ0) is 12.3. The molecule has 0 aliphatic rings. The minimum atomic E-state index is -0.925. The molecule has 0 saturated heterocycles. The Morgan fingerprint density at radius 2 is 1.82 bits per heavy atom. The molecule has 0 aromatic heterocycles. The zero-order valence-corrected chi connectivity index (χ0v) is 9.26. The van der Waals surface area contributed by atoms with Crippen molar-refractivity contribution >= 4 is 5.97 Å². The Kier molecular flexibility index (Phi) is 3.21. The molecule has 86 valence electrons. The summed E-state index contributed by atoms with van der Waals surface area (Å²) in [5.74, 6) is -0.925. The highest BCUT2D eigenvalue weighted by molar-refractivity contribution is 5.90. The van der Waals surface area contributed by atoms with Crippen LogP contribution in [0.2, 0.25) is 0 Å². The molecule has 0 bridgehead atoms. The first-order chi connectivity index (χ1) is 8.22. The summed E-state index contributed by atoms with van der Waals surface area (Å²) in [5, 5.41) is 8.99. The fourth-order valence-electron chi connectivity index (χ4n) is 1.77. The Bertz CT molecular complexity index is 535. The molecule has 0 amide bonds. The third-order valence-electron chi connectivity index (χ3n) is 2.66. The molecule has 0 aliphatic heterocycles. The van der Waals surface area contributed by atoms with E-state index in [-0.39, 0.29) is 5.56 Å². The first-order valence-electron chi connectivity index (χ1n) is 5.34. The third kappa shape index (κ3) is 2.34. The highest BCUT2D eigenvalue weighted by atomic mass is 16.4. The topological polar surface area (TPSA) is 63.3 Å². The molecule has 2 rings (SSSR count). The normalized spacial score (nSPS) is 10.2. The first kappa shape index (κ1) is 11.4. The van der Waals surface area contributed by atoms with Gasteiger partial charge in [-0.2, -0.15) is 0 Å². The Labute approximate surface area is 99.5 Å². The van der Waals surface area contributed by atoms with Crippen molar-refractivity contribution in [1.29, 1.82) is 0 Å². The summed E-state index contributed by atoms with van der Waals surface area (Å²) >= 11 is 0. The molecule has 0 heterocycles. The van der Waals surface area contributed by atoms with Gasteiger partial charge in [0.1, 0.15) is 0 Å². The quantitative estimate of drug-likeness (QED) is 0.846. The van der Waals surface area contributed by atoms with Gasteiger partial charge in [0.15, 0.2) is 0 Å². The first-order valence-corrected chi connectivity index (χ1v) is 5.34. The van der Waals surface area contributed by atoms with E-state index in [1.54, 1.807) is 18.2 Å². The molecular formula is C14H13NO2. The Hall–Kier alpha value is -2.13. The number of aromatic carboxylic acids is 1. The second-order valence-electron chi connectivity index (χ2n) is 3.75. The molecule has 3 nitrogen and oxygen atoms in total. The van der Waals surface area contributed by atoms with Crippen molar-refractivity contribution in [3.63, 3.8) is 0 Å². The lowest BCUT2D eigenvalue weighted by atomic mass is 9.97. The van der Waals surface area contributed by atoms with Crippen molar-refractivity contribution in [2.24, 2.45) is 5.73 Å². The van der Waals surface area contributed by atoms with Crippen LogP contribution < -0.4 is 5.73 Å². The lowest BCUT2D eigenvalue weighted by Gasteiger charge is -2.09. The number of hydrogen-bond acceptors (Lipinski definition) is 2. The van der Waals surface area contributed by atoms with Gasteiger partial charge in [-0.25, -0.2) is 4.79 Å². The van der Waals surface area contributed by atoms with Gasteiger partial charge in [-0.1, -0.05) is 36.4 Å². The highest BCUT2D eigenvalue weighted by Gasteiger charge is 2.08. The Morgan fingerprint density at radius 3 is 2.41 bits per heavy atom. The van der Waals surface area contributed by atoms with E-state index in [9.17, 15) is 4.79 Å². The lowest BCUT2D eigenvalue weighted by Crippen LogP contribution is -2.02. The maximum Gasteiger partial charge on any atom is 0.335 e. The highest BCUT2D eigenvalue weighted by Crippen LogP contribution is 2.24. The van der Waals surface area contributed by atoms with Crippen molar-refractivity contribution in [2.75, 3.05) is 0 Å². The molecule has 0 spiro atoms. The number of nitrogens with two attached hydrogens (primary N) is 1. The number of hydrogen-bond donors (Lipinski definition) is 2. The molecule has 3 heteroatoms. The number of carbonyl (C=O) groups is 1. The standard InChI is InChI=1S/C14H13NO2/c15-9-12-7-6-11(14(16)17)8-13(12)10-4-2-1-3-5-10/h1-8H,9,15H2,(H,16,17). The average Bonchev–Trinajstić information content (AvgIpc) is 2.39. The SMILES string of the molecule is NCc1ccc(C(=O)O)cc1-c1ccccc1. The van der Waals surface area contributed by atoms with Gasteiger partial charge >= 0.3 is 5.97 Å². The molecule has 17 heavy (non-hydrogen) atoms. The summed E-state index contributed by atoms with van der Waals surface area (Å²) in [7, 11) is 0. The second-order valence-corrected chi connectivity index (χ2v) is 3.75. The van der Waals surface area contributed by atoms with Crippen molar-refractivity contribution in [3.05, 3.63) is 59.7 Å². The van der Waals surface area contributed by atoms with Crippen LogP contribution in [0, 0.1) is 0 Å². The fourth-order valence-corrected chi connectivity index (χ4v) is 1.77. The maximum atomic E-state index is 11.0. The summed E-state index contributed by atoms with van der Waals surface area (Å²) in [5.41, 5.74) is 8.76. The molecule has 3 N–H and O–H groups in total. The minimum absolute atomic E-state index is 0.279. The van der Waals surface area contributed by atoms with E-state index >= 15 is 0 Å². The predicted molar refractivity (Wildman–Crippen MR) is 66.7 cm³/mol. The molecule has 0 unspecified atom stereocenters. The monoisotopic (exact) mass is 227 g/mol. The maximum absolute atomic E-state index is 11.0. The molecule has 0 saturated carbocycles. The Balaban J connectivity index is 2.58. The van der Waals surface area contributed by atoms with Gasteiger partial charge in [-0.15, -0.1) is 0 Å². The lowest BCUT2D eigenvalue weighted by molar-refractivity contribution is 0.0697. The van der Waals surface area contributed by atoms with Gasteiger partial charge in [-0.3, -0.25) is 0 Å². The predicted octanol–water partition coefficient (Wildman–Crippen LogP) is 2.51. The third-order valence-corrected chi connectivity index (χ3v) is 2.66. The largest absolute Gasteiger partial charge is 0.478 e. The van der Waals surface area contributed by atoms with Gasteiger partial charge < -0.3 is 10.8 Å². The molecule has 0 aliphatic carbocycles. The van der Waals surface area contributed by atoms with Crippen LogP contribution in [0.3, 0.4) is 0 Å². The van der Waals surface area contributed by atoms with E-state index in [1.165, 1.54) is 0 Å². The fraction of sp³-hybridized carbons (Fsp3) is 0.0714. The number of benzene rings is 2. The van der Waals surface area contributed by atoms with E-state index < -0.39 is 5.97 Å². The minimum Gasteiger partial charge on any atom is -0.478 e. The van der Waals surface area contributed by atoms with Crippen molar-refractivity contribution in [2.45, 2.75) is 6.54 Å². The number of carboxylic acid groups (broad SMARTS) is 1. The summed E-state index contributed by atoms with van der Waals surface area (Å²) in [6.07, 6.45) is 0. The van der Waals surface area contributed by atoms with Crippen LogP contribution in [0.4, 0.5) is 0 Å². The Morgan fingerprint density at radius 1 is 1.12 bits per heavy atom. The number of carboxylic acids is 1. The van der Waals surface area contributed by atoms with Crippen molar-refractivity contribution < 1.29 is 9.90 Å². The van der Waals surface area contributed by atoms with E-state index in [4.69, 9.17) is 10.8 Å². The van der Waals surface area contributed by atoms with Crippen molar-refractivity contribution in [1.82, 2.24) is 0 Å². The van der Waals surface area contributed by atoms with Gasteiger partial charge in [0.25, 0.3) is 0 Å². The van der Waals surface area contributed by atoms with Crippen LogP contribution in [-0.4, -0.2) is 11.1 Å². The molecular weight excluding hydrogens is 214 g/mol. The van der Waals surface area contributed by atoms with E-state index in [2.05, 4.69) is 0 Å². The average molecular weight is 227 g/mol. The molecule has 0 radical (unpaired) electrons. The van der Waals surface area contributed by atoms with E-state index in [0.29, 0.717) is 6.54 Å². The van der Waals surface area contributed by atoms with E-state index in [1.807, 2.05) is 30.3 Å². The summed E-state index contributed by atoms with van der Waals surface area (Å²) in [6, 6.07) is 14.7. The molecule has 0 atom stereocenters. The number of rotatable bonds is 3. The summed E-state index contributed by atoms with van der Waals surface area (Å²) in [6.45, 7) is 0.393. The molecule has 2 aromatic rings. The van der Waals surface area contributed by atoms with Crippen LogP contribution >= 0.6 is 0 Å². The van der Waals surface area contributed by atoms with Crippen molar-refractivity contribution in [3.8, 4) is 11.1 Å². The summed E-state index contributed by atoms with van der Waals surface area (Å²) in [4.78, 5) is 11.0. The zero-order valence-electron chi connectivity index (χ0n) is 9.26. The smallest absolute Gasteiger partial charge is 0.335 e.